The van der Waals surface area contributed by atoms with Gasteiger partial charge in [0.05, 0.1) is 0 Å². The predicted molar refractivity (Wildman–Crippen MR) is 23.5 cm³/mol. The largest absolute Gasteiger partial charge is 1.00 e. The van der Waals surface area contributed by atoms with E-state index in [0.29, 0.717) is 0 Å². The maximum absolute atomic E-state index is 6.75. The maximum Gasteiger partial charge on any atom is 1.00 e. The Morgan fingerprint density at radius 1 is 1.00 bits per heavy atom. The van der Waals surface area contributed by atoms with Crippen LogP contribution in [0, 0.1) is 0 Å². The fourth-order valence-electron chi connectivity index (χ4n) is 0. The molecule has 6 heavy (non-hydrogen) atoms. The summed E-state index contributed by atoms with van der Waals surface area (Å²) in [7, 11) is 0. The first-order valence-corrected chi connectivity index (χ1v) is 0.400. The van der Waals surface area contributed by atoms with Crippen LogP contribution in [0.1, 0.15) is 14.9 Å². The smallest absolute Gasteiger partial charge is 0.373 e. The second kappa shape index (κ2) is 57.5. The molecule has 32 valence electrons. The van der Waals surface area contributed by atoms with E-state index in [-0.39, 0.29) is 44.4 Å². The molecule has 0 aliphatic rings. The summed E-state index contributed by atoms with van der Waals surface area (Å²) in [5.74, 6) is 0. The third-order valence-electron chi connectivity index (χ3n) is 0. The number of rotatable bonds is 0. The second-order valence-electron chi connectivity index (χ2n) is 0.0894. The van der Waals surface area contributed by atoms with Crippen molar-refractivity contribution in [1.82, 2.24) is 0 Å². The van der Waals surface area contributed by atoms with Crippen LogP contribution in [0.2, 0.25) is 0 Å². The van der Waals surface area contributed by atoms with Crippen molar-refractivity contribution in [3.8, 4) is 0 Å². The van der Waals surface area contributed by atoms with Gasteiger partial charge >= 0.3 is 29.6 Å². The van der Waals surface area contributed by atoms with Crippen LogP contribution in [0.15, 0.2) is 0 Å². The molecule has 0 unspecified atom stereocenters. The number of hydrogen-bond donors (Lipinski definition) is 0. The van der Waals surface area contributed by atoms with E-state index in [1.807, 2.05) is 0 Å². The zero-order valence-corrected chi connectivity index (χ0v) is 4.34. The Labute approximate surface area is 60.5 Å². The molecular weight excluding hydrogens is 89.0 g/mol. The number of hydrogen-bond acceptors (Lipinski definition) is 0. The predicted octanol–water partition coefficient (Wildman–Crippen LogP) is -0.858. The van der Waals surface area contributed by atoms with Crippen molar-refractivity contribution in [2.45, 2.75) is 14.9 Å². The maximum atomic E-state index is 6.75. The molecule has 4 heteroatoms. The summed E-state index contributed by atoms with van der Waals surface area (Å²) in [5, 5.41) is 0. The SMILES string of the molecule is C.C.[N-]=[N+]=[N-].[Na+]. The Morgan fingerprint density at radius 3 is 1.00 bits per heavy atom. The van der Waals surface area contributed by atoms with Crippen LogP contribution in [0.25, 0.3) is 16.0 Å². The molecule has 0 aromatic heterocycles. The van der Waals surface area contributed by atoms with Crippen molar-refractivity contribution in [2.24, 2.45) is 0 Å². The van der Waals surface area contributed by atoms with E-state index in [1.165, 1.54) is 4.91 Å². The van der Waals surface area contributed by atoms with Crippen molar-refractivity contribution in [3.63, 3.8) is 0 Å². The molecule has 0 aliphatic carbocycles. The first kappa shape index (κ1) is 33.3. The molecule has 0 spiro atoms. The van der Waals surface area contributed by atoms with Crippen LogP contribution >= 0.6 is 0 Å². The van der Waals surface area contributed by atoms with Gasteiger partial charge in [0.2, 0.25) is 0 Å². The van der Waals surface area contributed by atoms with Crippen molar-refractivity contribution >= 4 is 0 Å². The van der Waals surface area contributed by atoms with Crippen molar-refractivity contribution in [3.05, 3.63) is 16.0 Å². The average molecular weight is 97.1 g/mol. The van der Waals surface area contributed by atoms with Gasteiger partial charge in [0.1, 0.15) is 0 Å². The fourth-order valence-corrected chi connectivity index (χ4v) is 0. The van der Waals surface area contributed by atoms with Gasteiger partial charge in [-0.15, -0.1) is 0 Å². The van der Waals surface area contributed by atoms with Crippen LogP contribution in [-0.4, -0.2) is 0 Å². The van der Waals surface area contributed by atoms with Crippen molar-refractivity contribution in [2.75, 3.05) is 0 Å². The Morgan fingerprint density at radius 2 is 1.00 bits per heavy atom. The van der Waals surface area contributed by atoms with Crippen molar-refractivity contribution in [1.29, 1.82) is 0 Å². The summed E-state index contributed by atoms with van der Waals surface area (Å²) in [4.78, 5) is 1.50. The Bertz CT molecular complexity index is 29.8. The van der Waals surface area contributed by atoms with Crippen LogP contribution in [0.5, 0.6) is 0 Å². The van der Waals surface area contributed by atoms with Gasteiger partial charge in [0.15, 0.2) is 0 Å². The zero-order valence-electron chi connectivity index (χ0n) is 2.34. The summed E-state index contributed by atoms with van der Waals surface area (Å²) in [6.45, 7) is 0. The molecule has 0 fully saturated rings. The molecule has 0 radical (unpaired) electrons. The van der Waals surface area contributed by atoms with Gasteiger partial charge in [-0.25, -0.2) is 0 Å². The molecule has 0 amide bonds. The van der Waals surface area contributed by atoms with E-state index in [2.05, 4.69) is 0 Å². The van der Waals surface area contributed by atoms with Gasteiger partial charge in [-0.05, 0) is 0 Å². The third kappa shape index (κ3) is 491. The second-order valence-corrected chi connectivity index (χ2v) is 0.0894. The Kier molecular flexibility index (Phi) is 319. The molecule has 0 saturated carbocycles. The molecule has 0 rings (SSSR count). The molecule has 0 N–H and O–H groups in total. The number of nitrogens with zero attached hydrogens (tertiary/aromatic N) is 3. The normalized spacial score (nSPS) is 1.33. The van der Waals surface area contributed by atoms with Gasteiger partial charge in [-0.3, -0.25) is 4.91 Å². The summed E-state index contributed by atoms with van der Waals surface area (Å²) in [6, 6.07) is 0. The molecule has 0 aromatic carbocycles. The van der Waals surface area contributed by atoms with E-state index >= 15 is 0 Å². The van der Waals surface area contributed by atoms with E-state index in [9.17, 15) is 0 Å². The van der Waals surface area contributed by atoms with Gasteiger partial charge in [0, 0.05) is 0 Å². The van der Waals surface area contributed by atoms with Gasteiger partial charge in [-0.1, -0.05) is 14.9 Å². The van der Waals surface area contributed by atoms with Crippen molar-refractivity contribution < 1.29 is 29.6 Å². The Hall–Kier alpha value is 0.310. The van der Waals surface area contributed by atoms with E-state index in [4.69, 9.17) is 11.1 Å². The monoisotopic (exact) mass is 97.1 g/mol. The molecule has 0 heterocycles. The zero-order chi connectivity index (χ0) is 2.71. The van der Waals surface area contributed by atoms with Gasteiger partial charge in [0.25, 0.3) is 0 Å². The van der Waals surface area contributed by atoms with Crippen LogP contribution in [0.3, 0.4) is 0 Å². The van der Waals surface area contributed by atoms with Crippen LogP contribution in [-0.2, 0) is 0 Å². The van der Waals surface area contributed by atoms with E-state index in [1.54, 1.807) is 0 Å². The summed E-state index contributed by atoms with van der Waals surface area (Å²) in [5.41, 5.74) is 13.5. The first-order valence-electron chi connectivity index (χ1n) is 0.400. The van der Waals surface area contributed by atoms with Crippen LogP contribution in [0.4, 0.5) is 0 Å². The summed E-state index contributed by atoms with van der Waals surface area (Å²) < 4.78 is 0. The minimum atomic E-state index is 0. The van der Waals surface area contributed by atoms with E-state index in [0.717, 1.165) is 0 Å². The molecule has 0 aliphatic heterocycles. The molecular formula is C2H8N3Na. The minimum absolute atomic E-state index is 0. The fraction of sp³-hybridized carbons (Fsp3) is 1.00. The van der Waals surface area contributed by atoms with Crippen LogP contribution < -0.4 is 29.6 Å². The molecule has 0 saturated heterocycles. The third-order valence-corrected chi connectivity index (χ3v) is 0. The summed E-state index contributed by atoms with van der Waals surface area (Å²) >= 11 is 0. The molecule has 0 atom stereocenters. The first-order chi connectivity index (χ1) is 1.41. The van der Waals surface area contributed by atoms with Gasteiger partial charge in [-0.2, -0.15) is 0 Å². The topological polar surface area (TPSA) is 58.7 Å². The minimum Gasteiger partial charge on any atom is -0.373 e. The average Bonchev–Trinajstić information content (AvgIpc) is 0.918. The molecule has 3 nitrogen and oxygen atoms in total. The summed E-state index contributed by atoms with van der Waals surface area (Å²) in [6.07, 6.45) is 0. The van der Waals surface area contributed by atoms with Gasteiger partial charge < -0.3 is 11.1 Å². The molecule has 0 bridgehead atoms. The standard InChI is InChI=1S/2CH4.N3.Na/c;;1-3-2;/h2*1H4;;/q;;-1;+1. The quantitative estimate of drug-likeness (QED) is 0.163. The molecule has 0 aromatic rings. The Balaban J connectivity index is -0.00000000667. The van der Waals surface area contributed by atoms with E-state index < -0.39 is 0 Å².